The summed E-state index contributed by atoms with van der Waals surface area (Å²) in [6.45, 7) is 4.00. The van der Waals surface area contributed by atoms with Crippen LogP contribution in [0.3, 0.4) is 0 Å². The third kappa shape index (κ3) is 5.19. The van der Waals surface area contributed by atoms with Gasteiger partial charge in [-0.2, -0.15) is 5.26 Å². The van der Waals surface area contributed by atoms with Gasteiger partial charge in [0.15, 0.2) is 0 Å². The standard InChI is InChI=1S/C23H22N2O4S2/c1-3-28-18(26)14-31-22-16(13-24)19(17-11-8-12-30-17)20(23(27)29-4-2)21(25-22)15-9-6-5-7-10-15/h5-12,19,25H,3-4,14H2,1-2H3/t19-/m1/s1. The quantitative estimate of drug-likeness (QED) is 0.590. The molecule has 160 valence electrons. The lowest BCUT2D eigenvalue weighted by Gasteiger charge is -2.30. The zero-order valence-electron chi connectivity index (χ0n) is 17.2. The number of thiophene rings is 1. The van der Waals surface area contributed by atoms with Crippen molar-refractivity contribution in [1.82, 2.24) is 5.32 Å². The SMILES string of the molecule is CCOC(=O)CSC1=C(C#N)[C@H](c2cccs2)C(C(=O)OCC)=C(c2ccccc2)N1. The third-order valence-electron chi connectivity index (χ3n) is 4.48. The number of hydrogen-bond acceptors (Lipinski definition) is 8. The van der Waals surface area contributed by atoms with Gasteiger partial charge in [0.25, 0.3) is 0 Å². The van der Waals surface area contributed by atoms with Crippen molar-refractivity contribution in [3.63, 3.8) is 0 Å². The highest BCUT2D eigenvalue weighted by atomic mass is 32.2. The molecule has 1 aromatic carbocycles. The first kappa shape index (κ1) is 22.7. The minimum Gasteiger partial charge on any atom is -0.465 e. The van der Waals surface area contributed by atoms with Crippen LogP contribution in [0.2, 0.25) is 0 Å². The monoisotopic (exact) mass is 454 g/mol. The summed E-state index contributed by atoms with van der Waals surface area (Å²) in [5, 5.41) is 15.7. The van der Waals surface area contributed by atoms with Gasteiger partial charge in [0.1, 0.15) is 0 Å². The predicted octanol–water partition coefficient (Wildman–Crippen LogP) is 4.44. The van der Waals surface area contributed by atoms with E-state index in [9.17, 15) is 14.9 Å². The maximum Gasteiger partial charge on any atom is 0.337 e. The Morgan fingerprint density at radius 2 is 1.87 bits per heavy atom. The van der Waals surface area contributed by atoms with Crippen LogP contribution in [0.15, 0.2) is 64.0 Å². The second-order valence-electron chi connectivity index (χ2n) is 6.40. The number of nitrogens with zero attached hydrogens (tertiary/aromatic N) is 1. The van der Waals surface area contributed by atoms with Crippen LogP contribution >= 0.6 is 23.1 Å². The van der Waals surface area contributed by atoms with E-state index in [4.69, 9.17) is 9.47 Å². The predicted molar refractivity (Wildman–Crippen MR) is 122 cm³/mol. The van der Waals surface area contributed by atoms with Crippen molar-refractivity contribution in [2.24, 2.45) is 0 Å². The van der Waals surface area contributed by atoms with Crippen molar-refractivity contribution in [3.8, 4) is 6.07 Å². The Kier molecular flexibility index (Phi) is 7.93. The van der Waals surface area contributed by atoms with Crippen LogP contribution in [0.25, 0.3) is 5.70 Å². The number of hydrogen-bond donors (Lipinski definition) is 1. The number of nitrogens with one attached hydrogen (secondary N) is 1. The highest BCUT2D eigenvalue weighted by molar-refractivity contribution is 8.03. The lowest BCUT2D eigenvalue weighted by Crippen LogP contribution is -2.29. The van der Waals surface area contributed by atoms with Gasteiger partial charge < -0.3 is 14.8 Å². The van der Waals surface area contributed by atoms with Gasteiger partial charge in [0, 0.05) is 4.88 Å². The molecule has 2 aromatic rings. The summed E-state index contributed by atoms with van der Waals surface area (Å²) in [5.41, 5.74) is 2.12. The first-order valence-electron chi connectivity index (χ1n) is 9.80. The van der Waals surface area contributed by atoms with Crippen LogP contribution < -0.4 is 5.32 Å². The zero-order valence-corrected chi connectivity index (χ0v) is 18.8. The molecular formula is C23H22N2O4S2. The number of ether oxygens (including phenoxy) is 2. The van der Waals surface area contributed by atoms with Crippen LogP contribution in [0.5, 0.6) is 0 Å². The number of benzene rings is 1. The summed E-state index contributed by atoms with van der Waals surface area (Å²) in [4.78, 5) is 25.9. The number of nitriles is 1. The Morgan fingerprint density at radius 3 is 2.48 bits per heavy atom. The van der Waals surface area contributed by atoms with E-state index in [1.807, 2.05) is 47.8 Å². The van der Waals surface area contributed by atoms with E-state index in [0.717, 1.165) is 10.4 Å². The van der Waals surface area contributed by atoms with E-state index in [1.165, 1.54) is 23.1 Å². The Labute approximate surface area is 189 Å². The number of carbonyl (C=O) groups is 2. The van der Waals surface area contributed by atoms with Crippen molar-refractivity contribution in [1.29, 1.82) is 5.26 Å². The Hall–Kier alpha value is -3.02. The second-order valence-corrected chi connectivity index (χ2v) is 8.36. The van der Waals surface area contributed by atoms with Gasteiger partial charge in [-0.05, 0) is 30.9 Å². The summed E-state index contributed by atoms with van der Waals surface area (Å²) >= 11 is 2.66. The van der Waals surface area contributed by atoms with Crippen LogP contribution in [-0.4, -0.2) is 30.9 Å². The molecule has 6 nitrogen and oxygen atoms in total. The maximum atomic E-state index is 13.1. The minimum absolute atomic E-state index is 0.0509. The second kappa shape index (κ2) is 10.8. The summed E-state index contributed by atoms with van der Waals surface area (Å²) < 4.78 is 10.4. The Bertz CT molecular complexity index is 1040. The lowest BCUT2D eigenvalue weighted by molar-refractivity contribution is -0.140. The van der Waals surface area contributed by atoms with Gasteiger partial charge in [-0.3, -0.25) is 4.79 Å². The van der Waals surface area contributed by atoms with E-state index in [1.54, 1.807) is 13.8 Å². The largest absolute Gasteiger partial charge is 0.465 e. The zero-order chi connectivity index (χ0) is 22.2. The van der Waals surface area contributed by atoms with Gasteiger partial charge in [-0.1, -0.05) is 48.2 Å². The number of esters is 2. The molecule has 1 N–H and O–H groups in total. The fraction of sp³-hybridized carbons (Fsp3) is 0.261. The summed E-state index contributed by atoms with van der Waals surface area (Å²) in [7, 11) is 0. The molecule has 0 amide bonds. The molecule has 0 saturated heterocycles. The number of thioether (sulfide) groups is 1. The number of allylic oxidation sites excluding steroid dienone is 1. The van der Waals surface area contributed by atoms with Gasteiger partial charge in [0.05, 0.1) is 52.8 Å². The third-order valence-corrected chi connectivity index (χ3v) is 6.40. The molecule has 31 heavy (non-hydrogen) atoms. The number of rotatable bonds is 8. The van der Waals surface area contributed by atoms with Gasteiger partial charge in [-0.25, -0.2) is 4.79 Å². The summed E-state index contributed by atoms with van der Waals surface area (Å²) in [6.07, 6.45) is 0. The molecule has 3 rings (SSSR count). The average molecular weight is 455 g/mol. The smallest absolute Gasteiger partial charge is 0.337 e. The van der Waals surface area contributed by atoms with Crippen LogP contribution in [0.1, 0.15) is 30.2 Å². The molecule has 0 radical (unpaired) electrons. The van der Waals surface area contributed by atoms with Crippen molar-refractivity contribution in [2.45, 2.75) is 19.8 Å². The number of dihydropyridines is 1. The molecule has 2 heterocycles. The minimum atomic E-state index is -0.592. The fourth-order valence-electron chi connectivity index (χ4n) is 3.23. The molecule has 0 saturated carbocycles. The summed E-state index contributed by atoms with van der Waals surface area (Å²) in [5.74, 6) is -1.39. The van der Waals surface area contributed by atoms with Crippen molar-refractivity contribution in [3.05, 3.63) is 74.5 Å². The van der Waals surface area contributed by atoms with Crippen molar-refractivity contribution < 1.29 is 19.1 Å². The highest BCUT2D eigenvalue weighted by Gasteiger charge is 2.37. The Balaban J connectivity index is 2.15. The molecule has 0 unspecified atom stereocenters. The fourth-order valence-corrected chi connectivity index (χ4v) is 4.91. The molecule has 1 aliphatic rings. The maximum absolute atomic E-state index is 13.1. The topological polar surface area (TPSA) is 88.4 Å². The highest BCUT2D eigenvalue weighted by Crippen LogP contribution is 2.44. The van der Waals surface area contributed by atoms with Crippen LogP contribution in [0, 0.1) is 11.3 Å². The molecule has 1 aromatic heterocycles. The van der Waals surface area contributed by atoms with Gasteiger partial charge in [0.2, 0.25) is 0 Å². The van der Waals surface area contributed by atoms with Gasteiger partial charge in [-0.15, -0.1) is 11.3 Å². The van der Waals surface area contributed by atoms with E-state index in [-0.39, 0.29) is 24.9 Å². The molecule has 0 spiro atoms. The molecule has 0 bridgehead atoms. The van der Waals surface area contributed by atoms with Crippen molar-refractivity contribution in [2.75, 3.05) is 19.0 Å². The van der Waals surface area contributed by atoms with Crippen LogP contribution in [0.4, 0.5) is 0 Å². The van der Waals surface area contributed by atoms with E-state index in [0.29, 0.717) is 21.9 Å². The normalized spacial score (nSPS) is 15.8. The van der Waals surface area contributed by atoms with E-state index >= 15 is 0 Å². The molecule has 8 heteroatoms. The van der Waals surface area contributed by atoms with Crippen LogP contribution in [-0.2, 0) is 19.1 Å². The first-order chi connectivity index (χ1) is 15.1. The average Bonchev–Trinajstić information content (AvgIpc) is 3.32. The van der Waals surface area contributed by atoms with Crippen molar-refractivity contribution >= 4 is 40.7 Å². The first-order valence-corrected chi connectivity index (χ1v) is 11.7. The molecule has 0 aliphatic carbocycles. The number of carbonyl (C=O) groups excluding carboxylic acids is 2. The van der Waals surface area contributed by atoms with E-state index in [2.05, 4.69) is 11.4 Å². The molecule has 1 atom stereocenters. The Morgan fingerprint density at radius 1 is 1.13 bits per heavy atom. The van der Waals surface area contributed by atoms with E-state index < -0.39 is 11.9 Å². The molecular weight excluding hydrogens is 432 g/mol. The molecule has 1 aliphatic heterocycles. The lowest BCUT2D eigenvalue weighted by atomic mass is 9.85. The summed E-state index contributed by atoms with van der Waals surface area (Å²) in [6, 6.07) is 15.5. The molecule has 0 fully saturated rings. The van der Waals surface area contributed by atoms with Gasteiger partial charge >= 0.3 is 11.9 Å².